The minimum atomic E-state index is -0.770. The second kappa shape index (κ2) is 8.47. The fourth-order valence-electron chi connectivity index (χ4n) is 3.10. The standard InChI is InChI=1S/C21H15N5O5S/c1-13-5-6-18-19(8-13)32-21(23-18)24(12-15-4-2-3-7-22-15)20(27)14-9-16(25(28)29)11-17(10-14)26(30)31/h2-11H,12H2,1H3. The lowest BCUT2D eigenvalue weighted by Gasteiger charge is -2.19. The molecule has 11 heteroatoms. The molecular formula is C21H15N5O5S. The van der Waals surface area contributed by atoms with E-state index in [1.807, 2.05) is 25.1 Å². The van der Waals surface area contributed by atoms with Crippen molar-refractivity contribution < 1.29 is 14.6 Å². The molecule has 0 spiro atoms. The summed E-state index contributed by atoms with van der Waals surface area (Å²) in [5.74, 6) is -0.654. The Bertz CT molecular complexity index is 1320. The van der Waals surface area contributed by atoms with Crippen LogP contribution in [0.25, 0.3) is 10.2 Å². The van der Waals surface area contributed by atoms with Crippen LogP contribution in [0.3, 0.4) is 0 Å². The minimum absolute atomic E-state index is 0.0367. The molecule has 4 rings (SSSR count). The summed E-state index contributed by atoms with van der Waals surface area (Å²) in [5, 5.41) is 22.9. The van der Waals surface area contributed by atoms with Crippen molar-refractivity contribution in [2.24, 2.45) is 0 Å². The Morgan fingerprint density at radius 1 is 1.03 bits per heavy atom. The van der Waals surface area contributed by atoms with Gasteiger partial charge in [-0.2, -0.15) is 0 Å². The van der Waals surface area contributed by atoms with Gasteiger partial charge in [-0.3, -0.25) is 34.9 Å². The zero-order valence-electron chi connectivity index (χ0n) is 16.7. The lowest BCUT2D eigenvalue weighted by molar-refractivity contribution is -0.394. The van der Waals surface area contributed by atoms with Crippen molar-refractivity contribution >= 4 is 44.0 Å². The van der Waals surface area contributed by atoms with Crippen molar-refractivity contribution in [3.63, 3.8) is 0 Å². The quantitative estimate of drug-likeness (QED) is 0.309. The number of pyridine rings is 1. The summed E-state index contributed by atoms with van der Waals surface area (Å²) in [6, 6.07) is 13.8. The molecule has 0 saturated heterocycles. The number of amides is 1. The van der Waals surface area contributed by atoms with Crippen LogP contribution in [0.4, 0.5) is 16.5 Å². The summed E-state index contributed by atoms with van der Waals surface area (Å²) in [6.07, 6.45) is 1.58. The zero-order chi connectivity index (χ0) is 22.8. The zero-order valence-corrected chi connectivity index (χ0v) is 17.5. The fourth-order valence-corrected chi connectivity index (χ4v) is 4.16. The van der Waals surface area contributed by atoms with Gasteiger partial charge in [0.1, 0.15) is 0 Å². The van der Waals surface area contributed by atoms with Gasteiger partial charge in [-0.05, 0) is 36.8 Å². The van der Waals surface area contributed by atoms with Crippen LogP contribution in [-0.4, -0.2) is 25.7 Å². The number of non-ortho nitro benzene ring substituents is 2. The van der Waals surface area contributed by atoms with Crippen LogP contribution < -0.4 is 4.90 Å². The Morgan fingerprint density at radius 3 is 2.38 bits per heavy atom. The smallest absolute Gasteiger partial charge is 0.277 e. The van der Waals surface area contributed by atoms with Gasteiger partial charge in [0.05, 0.1) is 43.9 Å². The van der Waals surface area contributed by atoms with E-state index in [9.17, 15) is 25.0 Å². The topological polar surface area (TPSA) is 132 Å². The first kappa shape index (κ1) is 21.0. The summed E-state index contributed by atoms with van der Waals surface area (Å²) in [7, 11) is 0. The third-order valence-electron chi connectivity index (χ3n) is 4.63. The summed E-state index contributed by atoms with van der Waals surface area (Å²) in [6.45, 7) is 1.98. The number of fused-ring (bicyclic) bond motifs is 1. The first-order valence-electron chi connectivity index (χ1n) is 9.34. The highest BCUT2D eigenvalue weighted by Gasteiger charge is 2.26. The number of carbonyl (C=O) groups excluding carboxylic acids is 1. The molecule has 1 amide bonds. The number of aryl methyl sites for hydroxylation is 1. The van der Waals surface area contributed by atoms with Gasteiger partial charge in [0.2, 0.25) is 0 Å². The van der Waals surface area contributed by atoms with Crippen LogP contribution in [0, 0.1) is 27.2 Å². The van der Waals surface area contributed by atoms with Gasteiger partial charge in [-0.15, -0.1) is 0 Å². The molecule has 0 aliphatic carbocycles. The summed E-state index contributed by atoms with van der Waals surface area (Å²) < 4.78 is 0.865. The second-order valence-corrected chi connectivity index (χ2v) is 7.94. The Morgan fingerprint density at radius 2 is 1.75 bits per heavy atom. The van der Waals surface area contributed by atoms with E-state index in [0.29, 0.717) is 16.3 Å². The van der Waals surface area contributed by atoms with Gasteiger partial charge in [0, 0.05) is 18.3 Å². The van der Waals surface area contributed by atoms with Gasteiger partial charge in [-0.1, -0.05) is 23.5 Å². The number of thiazole rings is 1. The lowest BCUT2D eigenvalue weighted by atomic mass is 10.1. The molecule has 32 heavy (non-hydrogen) atoms. The molecule has 0 atom stereocenters. The monoisotopic (exact) mass is 449 g/mol. The molecule has 0 N–H and O–H groups in total. The van der Waals surface area contributed by atoms with E-state index in [1.54, 1.807) is 24.4 Å². The molecule has 4 aromatic rings. The highest BCUT2D eigenvalue weighted by Crippen LogP contribution is 2.32. The molecule has 2 aromatic carbocycles. The maximum atomic E-state index is 13.5. The highest BCUT2D eigenvalue weighted by molar-refractivity contribution is 7.22. The van der Waals surface area contributed by atoms with Gasteiger partial charge in [-0.25, -0.2) is 4.98 Å². The molecule has 0 saturated carbocycles. The number of anilines is 1. The van der Waals surface area contributed by atoms with E-state index in [4.69, 9.17) is 0 Å². The number of rotatable bonds is 6. The van der Waals surface area contributed by atoms with E-state index < -0.39 is 27.1 Å². The number of nitrogens with zero attached hydrogens (tertiary/aromatic N) is 5. The molecule has 0 bridgehead atoms. The van der Waals surface area contributed by atoms with Crippen molar-refractivity contribution in [3.05, 3.63) is 97.8 Å². The molecule has 2 aromatic heterocycles. The molecular weight excluding hydrogens is 434 g/mol. The van der Waals surface area contributed by atoms with Crippen LogP contribution >= 0.6 is 11.3 Å². The Kier molecular flexibility index (Phi) is 5.56. The van der Waals surface area contributed by atoms with Crippen LogP contribution in [0.15, 0.2) is 60.8 Å². The normalized spacial score (nSPS) is 10.8. The number of nitro groups is 2. The van der Waals surface area contributed by atoms with E-state index in [-0.39, 0.29) is 12.1 Å². The maximum Gasteiger partial charge on any atom is 0.277 e. The number of hydrogen-bond donors (Lipinski definition) is 0. The van der Waals surface area contributed by atoms with Crippen LogP contribution in [0.5, 0.6) is 0 Å². The van der Waals surface area contributed by atoms with E-state index in [2.05, 4.69) is 9.97 Å². The molecule has 0 aliphatic rings. The second-order valence-electron chi connectivity index (χ2n) is 6.93. The van der Waals surface area contributed by atoms with Gasteiger partial charge in [0.15, 0.2) is 5.13 Å². The number of nitro benzene ring substituents is 2. The maximum absolute atomic E-state index is 13.5. The molecule has 0 aliphatic heterocycles. The Balaban J connectivity index is 1.83. The van der Waals surface area contributed by atoms with Crippen molar-refractivity contribution in [2.75, 3.05) is 4.90 Å². The van der Waals surface area contributed by atoms with E-state index >= 15 is 0 Å². The van der Waals surface area contributed by atoms with Gasteiger partial charge in [0.25, 0.3) is 17.3 Å². The molecule has 10 nitrogen and oxygen atoms in total. The molecule has 0 unspecified atom stereocenters. The highest BCUT2D eigenvalue weighted by atomic mass is 32.1. The van der Waals surface area contributed by atoms with Gasteiger partial charge < -0.3 is 0 Å². The molecule has 2 heterocycles. The average Bonchev–Trinajstić information content (AvgIpc) is 3.20. The summed E-state index contributed by atoms with van der Waals surface area (Å²) in [4.78, 5) is 44.6. The molecule has 160 valence electrons. The van der Waals surface area contributed by atoms with Crippen molar-refractivity contribution in [3.8, 4) is 0 Å². The predicted octanol–water partition coefficient (Wildman–Crippen LogP) is 4.66. The van der Waals surface area contributed by atoms with E-state index in [1.165, 1.54) is 16.2 Å². The predicted molar refractivity (Wildman–Crippen MR) is 119 cm³/mol. The first-order valence-corrected chi connectivity index (χ1v) is 10.2. The largest absolute Gasteiger partial charge is 0.278 e. The number of hydrogen-bond acceptors (Lipinski definition) is 8. The van der Waals surface area contributed by atoms with Gasteiger partial charge >= 0.3 is 0 Å². The van der Waals surface area contributed by atoms with Crippen LogP contribution in [0.2, 0.25) is 0 Å². The fraction of sp³-hybridized carbons (Fsp3) is 0.0952. The number of aromatic nitrogens is 2. The minimum Gasteiger partial charge on any atom is -0.278 e. The number of carbonyl (C=O) groups is 1. The third-order valence-corrected chi connectivity index (χ3v) is 5.67. The average molecular weight is 449 g/mol. The first-order chi connectivity index (χ1) is 15.3. The number of benzene rings is 2. The SMILES string of the molecule is Cc1ccc2nc(N(Cc3ccccn3)C(=O)c3cc([N+](=O)[O-])cc([N+](=O)[O-])c3)sc2c1. The van der Waals surface area contributed by atoms with Crippen molar-refractivity contribution in [1.29, 1.82) is 0 Å². The van der Waals surface area contributed by atoms with Crippen molar-refractivity contribution in [1.82, 2.24) is 9.97 Å². The Hall–Kier alpha value is -4.25. The Labute approximate surface area is 185 Å². The molecule has 0 fully saturated rings. The van der Waals surface area contributed by atoms with Crippen molar-refractivity contribution in [2.45, 2.75) is 13.5 Å². The van der Waals surface area contributed by atoms with E-state index in [0.717, 1.165) is 28.5 Å². The molecule has 0 radical (unpaired) electrons. The van der Waals surface area contributed by atoms with Crippen LogP contribution in [-0.2, 0) is 6.54 Å². The lowest BCUT2D eigenvalue weighted by Crippen LogP contribution is -2.30. The summed E-state index contributed by atoms with van der Waals surface area (Å²) >= 11 is 1.28. The third kappa shape index (κ3) is 4.27. The summed E-state index contributed by atoms with van der Waals surface area (Å²) in [5.41, 5.74) is 1.03. The van der Waals surface area contributed by atoms with Crippen LogP contribution in [0.1, 0.15) is 21.6 Å².